The molecule has 3 aromatic rings. The first-order chi connectivity index (χ1) is 15.7. The van der Waals surface area contributed by atoms with Crippen LogP contribution in [0.2, 0.25) is 0 Å². The number of aromatic nitrogens is 2. The third-order valence-corrected chi connectivity index (χ3v) is 6.47. The Balaban J connectivity index is 1.38. The van der Waals surface area contributed by atoms with E-state index in [2.05, 4.69) is 15.5 Å². The molecular formula is C24H26N4O4. The van der Waals surface area contributed by atoms with Crippen LogP contribution in [0.1, 0.15) is 54.3 Å². The van der Waals surface area contributed by atoms with E-state index >= 15 is 0 Å². The van der Waals surface area contributed by atoms with Gasteiger partial charge in [-0.1, -0.05) is 35.5 Å². The zero-order valence-electron chi connectivity index (χ0n) is 17.8. The first-order valence-corrected chi connectivity index (χ1v) is 11.2. The van der Waals surface area contributed by atoms with Crippen LogP contribution in [-0.2, 0) is 4.79 Å². The molecule has 1 N–H and O–H groups in total. The van der Waals surface area contributed by atoms with Crippen LogP contribution in [0.3, 0.4) is 0 Å². The lowest BCUT2D eigenvalue weighted by molar-refractivity contribution is -0.136. The molecule has 2 aliphatic rings. The number of rotatable bonds is 5. The summed E-state index contributed by atoms with van der Waals surface area (Å²) in [6, 6.07) is 11.0. The molecule has 0 unspecified atom stereocenters. The van der Waals surface area contributed by atoms with Crippen molar-refractivity contribution in [2.45, 2.75) is 44.1 Å². The van der Waals surface area contributed by atoms with Crippen LogP contribution in [0.15, 0.2) is 57.9 Å². The van der Waals surface area contributed by atoms with Crippen molar-refractivity contribution in [3.05, 3.63) is 60.4 Å². The summed E-state index contributed by atoms with van der Waals surface area (Å²) in [5.74, 6) is 0.483. The summed E-state index contributed by atoms with van der Waals surface area (Å²) >= 11 is 0. The highest BCUT2D eigenvalue weighted by molar-refractivity contribution is 5.94. The molecule has 3 heterocycles. The molecule has 8 nitrogen and oxygen atoms in total. The number of benzene rings is 1. The number of carbonyl (C=O) groups excluding carboxylic acids is 2. The van der Waals surface area contributed by atoms with Crippen LogP contribution in [0.25, 0.3) is 11.4 Å². The number of hydrogen-bond acceptors (Lipinski definition) is 6. The topological polar surface area (TPSA) is 101 Å². The lowest BCUT2D eigenvalue weighted by Crippen LogP contribution is -2.40. The van der Waals surface area contributed by atoms with Gasteiger partial charge in [-0.05, 0) is 38.2 Å². The van der Waals surface area contributed by atoms with Gasteiger partial charge in [-0.25, -0.2) is 0 Å². The lowest BCUT2D eigenvalue weighted by atomic mass is 10.0. The monoisotopic (exact) mass is 434 g/mol. The minimum Gasteiger partial charge on any atom is -0.472 e. The summed E-state index contributed by atoms with van der Waals surface area (Å²) < 4.78 is 10.7. The molecule has 32 heavy (non-hydrogen) atoms. The smallest absolute Gasteiger partial charge is 0.254 e. The molecule has 0 bridgehead atoms. The van der Waals surface area contributed by atoms with Crippen LogP contribution < -0.4 is 5.32 Å². The summed E-state index contributed by atoms with van der Waals surface area (Å²) in [6.45, 7) is 1.62. The van der Waals surface area contributed by atoms with Gasteiger partial charge >= 0.3 is 0 Å². The zero-order chi connectivity index (χ0) is 21.9. The molecule has 5 rings (SSSR count). The van der Waals surface area contributed by atoms with Crippen molar-refractivity contribution in [3.63, 3.8) is 0 Å². The Morgan fingerprint density at radius 3 is 2.59 bits per heavy atom. The maximum atomic E-state index is 13.2. The van der Waals surface area contributed by atoms with Gasteiger partial charge in [0.05, 0.1) is 17.7 Å². The normalized spacial score (nSPS) is 23.2. The predicted octanol–water partition coefficient (Wildman–Crippen LogP) is 3.63. The largest absolute Gasteiger partial charge is 0.472 e. The summed E-state index contributed by atoms with van der Waals surface area (Å²) in [5.41, 5.74) is 1.31. The van der Waals surface area contributed by atoms with Gasteiger partial charge in [-0.15, -0.1) is 0 Å². The minimum atomic E-state index is -0.278. The SMILES string of the molecule is O=C(N[C@@H]1C[C@@H](C(=O)N2CCCCC2)C[C@@H]1c1nc(-c2ccccc2)no1)c1ccoc1. The highest BCUT2D eigenvalue weighted by Crippen LogP contribution is 2.40. The number of likely N-dealkylation sites (tertiary alicyclic amines) is 1. The maximum absolute atomic E-state index is 13.2. The summed E-state index contributed by atoms with van der Waals surface area (Å²) in [7, 11) is 0. The molecule has 1 saturated carbocycles. The molecule has 1 saturated heterocycles. The molecule has 8 heteroatoms. The molecule has 0 spiro atoms. The second kappa shape index (κ2) is 8.98. The van der Waals surface area contributed by atoms with E-state index in [0.29, 0.717) is 30.1 Å². The molecule has 1 aliphatic carbocycles. The van der Waals surface area contributed by atoms with Crippen molar-refractivity contribution in [3.8, 4) is 11.4 Å². The summed E-state index contributed by atoms with van der Waals surface area (Å²) in [6.07, 6.45) is 7.27. The van der Waals surface area contributed by atoms with Crippen molar-refractivity contribution in [1.82, 2.24) is 20.4 Å². The Labute approximate surface area is 186 Å². The number of nitrogens with zero attached hydrogens (tertiary/aromatic N) is 3. The zero-order valence-corrected chi connectivity index (χ0v) is 17.8. The Bertz CT molecular complexity index is 1060. The molecule has 166 valence electrons. The molecule has 2 amide bonds. The van der Waals surface area contributed by atoms with Gasteiger partial charge in [0.2, 0.25) is 17.6 Å². The van der Waals surface area contributed by atoms with Crippen LogP contribution in [0, 0.1) is 5.92 Å². The van der Waals surface area contributed by atoms with Crippen LogP contribution in [0.4, 0.5) is 0 Å². The van der Waals surface area contributed by atoms with Gasteiger partial charge in [-0.3, -0.25) is 9.59 Å². The molecule has 2 aromatic heterocycles. The van der Waals surface area contributed by atoms with E-state index in [1.54, 1.807) is 6.07 Å². The van der Waals surface area contributed by atoms with E-state index in [1.807, 2.05) is 35.2 Å². The average molecular weight is 434 g/mol. The summed E-state index contributed by atoms with van der Waals surface area (Å²) in [5, 5.41) is 7.21. The van der Waals surface area contributed by atoms with Gasteiger partial charge in [0.15, 0.2) is 0 Å². The van der Waals surface area contributed by atoms with Crippen molar-refractivity contribution in [2.24, 2.45) is 5.92 Å². The van der Waals surface area contributed by atoms with E-state index in [4.69, 9.17) is 8.94 Å². The van der Waals surface area contributed by atoms with E-state index < -0.39 is 0 Å². The number of hydrogen-bond donors (Lipinski definition) is 1. The van der Waals surface area contributed by atoms with Crippen molar-refractivity contribution < 1.29 is 18.5 Å². The Morgan fingerprint density at radius 1 is 1.03 bits per heavy atom. The van der Waals surface area contributed by atoms with E-state index in [1.165, 1.54) is 18.9 Å². The van der Waals surface area contributed by atoms with Gasteiger partial charge < -0.3 is 19.2 Å². The third-order valence-electron chi connectivity index (χ3n) is 6.47. The molecular weight excluding hydrogens is 408 g/mol. The van der Waals surface area contributed by atoms with Gasteiger partial charge in [-0.2, -0.15) is 4.98 Å². The Kier molecular flexibility index (Phi) is 5.75. The first kappa shape index (κ1) is 20.5. The standard InChI is InChI=1S/C24H26N4O4/c29-22(17-9-12-31-15-17)25-20-14-18(24(30)28-10-5-2-6-11-28)13-19(20)23-26-21(27-32-23)16-7-3-1-4-8-16/h1,3-4,7-9,12,15,18-20H,2,5-6,10-11,13-14H2,(H,25,29)/t18-,19-,20+/m0/s1. The summed E-state index contributed by atoms with van der Waals surface area (Å²) in [4.78, 5) is 32.5. The predicted molar refractivity (Wildman–Crippen MR) is 116 cm³/mol. The van der Waals surface area contributed by atoms with Gasteiger partial charge in [0.25, 0.3) is 5.91 Å². The first-order valence-electron chi connectivity index (χ1n) is 11.2. The molecule has 1 aliphatic heterocycles. The average Bonchev–Trinajstić information content (AvgIpc) is 3.60. The third kappa shape index (κ3) is 4.17. The molecule has 3 atom stereocenters. The van der Waals surface area contributed by atoms with Crippen molar-refractivity contribution in [1.29, 1.82) is 0 Å². The molecule has 1 aromatic carbocycles. The van der Waals surface area contributed by atoms with Crippen LogP contribution in [-0.4, -0.2) is 46.0 Å². The highest BCUT2D eigenvalue weighted by Gasteiger charge is 2.43. The number of nitrogens with one attached hydrogen (secondary N) is 1. The van der Waals surface area contributed by atoms with Gasteiger partial charge in [0, 0.05) is 30.6 Å². The minimum absolute atomic E-state index is 0.164. The molecule has 0 radical (unpaired) electrons. The maximum Gasteiger partial charge on any atom is 0.254 e. The van der Waals surface area contributed by atoms with E-state index in [0.717, 1.165) is 31.5 Å². The molecule has 2 fully saturated rings. The number of carbonyl (C=O) groups is 2. The number of amides is 2. The second-order valence-electron chi connectivity index (χ2n) is 8.57. The number of furan rings is 1. The highest BCUT2D eigenvalue weighted by atomic mass is 16.5. The van der Waals surface area contributed by atoms with Crippen LogP contribution >= 0.6 is 0 Å². The number of piperidine rings is 1. The quantitative estimate of drug-likeness (QED) is 0.658. The fourth-order valence-electron chi connectivity index (χ4n) is 4.78. The van der Waals surface area contributed by atoms with Gasteiger partial charge in [0.1, 0.15) is 6.26 Å². The van der Waals surface area contributed by atoms with E-state index in [-0.39, 0.29) is 29.7 Å². The Morgan fingerprint density at radius 2 is 1.84 bits per heavy atom. The van der Waals surface area contributed by atoms with Crippen LogP contribution in [0.5, 0.6) is 0 Å². The Hall–Kier alpha value is -3.42. The fraction of sp³-hybridized carbons (Fsp3) is 0.417. The second-order valence-corrected chi connectivity index (χ2v) is 8.57. The lowest BCUT2D eigenvalue weighted by Gasteiger charge is -2.29. The van der Waals surface area contributed by atoms with Crippen molar-refractivity contribution >= 4 is 11.8 Å². The van der Waals surface area contributed by atoms with Crippen molar-refractivity contribution in [2.75, 3.05) is 13.1 Å². The van der Waals surface area contributed by atoms with E-state index in [9.17, 15) is 9.59 Å². The fourth-order valence-corrected chi connectivity index (χ4v) is 4.78.